The van der Waals surface area contributed by atoms with Gasteiger partial charge in [0.2, 0.25) is 0 Å². The number of esters is 1. The number of unbranched alkanes of at least 4 members (excludes halogenated alkanes) is 2. The van der Waals surface area contributed by atoms with E-state index in [4.69, 9.17) is 4.74 Å². The highest BCUT2D eigenvalue weighted by molar-refractivity contribution is 5.81. The monoisotopic (exact) mass is 210 g/mol. The number of allylic oxidation sites excluding steroid dienone is 3. The Morgan fingerprint density at radius 2 is 1.93 bits per heavy atom. The number of rotatable bonds is 8. The fraction of sp³-hybridized carbons (Fsp3) is 0.615. The van der Waals surface area contributed by atoms with E-state index in [0.29, 0.717) is 6.61 Å². The molecule has 0 saturated heterocycles. The maximum Gasteiger partial charge on any atom is 0.330 e. The van der Waals surface area contributed by atoms with Crippen molar-refractivity contribution in [2.75, 3.05) is 6.61 Å². The van der Waals surface area contributed by atoms with Crippen molar-refractivity contribution in [1.82, 2.24) is 0 Å². The van der Waals surface area contributed by atoms with Gasteiger partial charge in [-0.1, -0.05) is 44.9 Å². The summed E-state index contributed by atoms with van der Waals surface area (Å²) in [5.74, 6) is -0.229. The lowest BCUT2D eigenvalue weighted by Crippen LogP contribution is -2.01. The third-order valence-electron chi connectivity index (χ3n) is 1.89. The molecule has 0 fully saturated rings. The van der Waals surface area contributed by atoms with Crippen molar-refractivity contribution in [2.45, 2.75) is 46.0 Å². The summed E-state index contributed by atoms with van der Waals surface area (Å²) in [6.07, 6.45) is 12.6. The van der Waals surface area contributed by atoms with Gasteiger partial charge >= 0.3 is 5.97 Å². The molecular weight excluding hydrogens is 188 g/mol. The van der Waals surface area contributed by atoms with Gasteiger partial charge in [0.1, 0.15) is 0 Å². The fourth-order valence-electron chi connectivity index (χ4n) is 0.989. The highest BCUT2D eigenvalue weighted by Crippen LogP contribution is 1.94. The van der Waals surface area contributed by atoms with Crippen LogP contribution < -0.4 is 0 Å². The summed E-state index contributed by atoms with van der Waals surface area (Å²) in [5, 5.41) is 0. The second-order valence-corrected chi connectivity index (χ2v) is 3.42. The van der Waals surface area contributed by atoms with Crippen molar-refractivity contribution in [3.8, 4) is 0 Å². The van der Waals surface area contributed by atoms with E-state index in [1.54, 1.807) is 0 Å². The van der Waals surface area contributed by atoms with Crippen LogP contribution in [0.25, 0.3) is 0 Å². The van der Waals surface area contributed by atoms with E-state index < -0.39 is 0 Å². The minimum absolute atomic E-state index is 0.229. The van der Waals surface area contributed by atoms with Crippen LogP contribution in [0.5, 0.6) is 0 Å². The zero-order valence-corrected chi connectivity index (χ0v) is 9.87. The van der Waals surface area contributed by atoms with Crippen LogP contribution in [0.2, 0.25) is 0 Å². The molecule has 0 radical (unpaired) electrons. The Kier molecular flexibility index (Phi) is 10.3. The van der Waals surface area contributed by atoms with Crippen LogP contribution >= 0.6 is 0 Å². The van der Waals surface area contributed by atoms with Gasteiger partial charge in [0.05, 0.1) is 6.61 Å². The number of carbonyl (C=O) groups excluding carboxylic acids is 1. The van der Waals surface area contributed by atoms with E-state index in [1.807, 2.05) is 6.08 Å². The zero-order chi connectivity index (χ0) is 11.4. The minimum atomic E-state index is -0.229. The number of hydrogen-bond acceptors (Lipinski definition) is 2. The van der Waals surface area contributed by atoms with Crippen LogP contribution in [0.15, 0.2) is 24.3 Å². The molecule has 86 valence electrons. The summed E-state index contributed by atoms with van der Waals surface area (Å²) in [7, 11) is 0. The van der Waals surface area contributed by atoms with Gasteiger partial charge in [-0.15, -0.1) is 0 Å². The van der Waals surface area contributed by atoms with Gasteiger partial charge in [-0.05, 0) is 19.3 Å². The lowest BCUT2D eigenvalue weighted by Gasteiger charge is -1.98. The second kappa shape index (κ2) is 11.0. The molecule has 0 aliphatic carbocycles. The predicted molar refractivity (Wildman–Crippen MR) is 63.7 cm³/mol. The molecule has 0 aromatic rings. The van der Waals surface area contributed by atoms with Crippen molar-refractivity contribution in [1.29, 1.82) is 0 Å². The molecule has 15 heavy (non-hydrogen) atoms. The summed E-state index contributed by atoms with van der Waals surface area (Å²) in [4.78, 5) is 11.1. The Balaban J connectivity index is 3.45. The zero-order valence-electron chi connectivity index (χ0n) is 9.87. The third-order valence-corrected chi connectivity index (χ3v) is 1.89. The first-order valence-corrected chi connectivity index (χ1v) is 5.79. The van der Waals surface area contributed by atoms with Gasteiger partial charge < -0.3 is 4.74 Å². The summed E-state index contributed by atoms with van der Waals surface area (Å²) >= 11 is 0. The van der Waals surface area contributed by atoms with Gasteiger partial charge in [-0.3, -0.25) is 0 Å². The van der Waals surface area contributed by atoms with Crippen molar-refractivity contribution >= 4 is 5.97 Å². The van der Waals surface area contributed by atoms with Crippen molar-refractivity contribution in [3.05, 3.63) is 24.3 Å². The van der Waals surface area contributed by atoms with Crippen LogP contribution in [-0.2, 0) is 9.53 Å². The molecule has 0 atom stereocenters. The lowest BCUT2D eigenvalue weighted by molar-refractivity contribution is -0.137. The van der Waals surface area contributed by atoms with E-state index in [0.717, 1.165) is 25.7 Å². The number of hydrogen-bond donors (Lipinski definition) is 0. The van der Waals surface area contributed by atoms with Crippen molar-refractivity contribution < 1.29 is 9.53 Å². The largest absolute Gasteiger partial charge is 0.463 e. The van der Waals surface area contributed by atoms with Gasteiger partial charge in [0, 0.05) is 6.08 Å². The van der Waals surface area contributed by atoms with E-state index in [9.17, 15) is 4.79 Å². The van der Waals surface area contributed by atoms with Gasteiger partial charge in [-0.25, -0.2) is 4.79 Å². The van der Waals surface area contributed by atoms with Crippen LogP contribution in [-0.4, -0.2) is 12.6 Å². The normalized spacial score (nSPS) is 11.3. The maximum absolute atomic E-state index is 11.1. The molecule has 0 aromatic heterocycles. The molecule has 0 unspecified atom stereocenters. The Hall–Kier alpha value is -1.05. The third kappa shape index (κ3) is 10.9. The van der Waals surface area contributed by atoms with E-state index in [2.05, 4.69) is 26.0 Å². The summed E-state index contributed by atoms with van der Waals surface area (Å²) in [5.41, 5.74) is 0. The first-order chi connectivity index (χ1) is 7.31. The van der Waals surface area contributed by atoms with Crippen molar-refractivity contribution in [2.24, 2.45) is 0 Å². The average molecular weight is 210 g/mol. The highest BCUT2D eigenvalue weighted by Gasteiger charge is 1.93. The molecule has 0 aromatic carbocycles. The molecule has 0 rings (SSSR count). The van der Waals surface area contributed by atoms with Gasteiger partial charge in [-0.2, -0.15) is 0 Å². The molecule has 0 heterocycles. The fourth-order valence-corrected chi connectivity index (χ4v) is 0.989. The van der Waals surface area contributed by atoms with Gasteiger partial charge in [0.15, 0.2) is 0 Å². The lowest BCUT2D eigenvalue weighted by atomic mass is 10.3. The topological polar surface area (TPSA) is 26.3 Å². The highest BCUT2D eigenvalue weighted by atomic mass is 16.5. The molecule has 0 saturated carbocycles. The van der Waals surface area contributed by atoms with E-state index >= 15 is 0 Å². The van der Waals surface area contributed by atoms with Crippen LogP contribution in [0.4, 0.5) is 0 Å². The Morgan fingerprint density at radius 1 is 1.13 bits per heavy atom. The molecule has 2 heteroatoms. The Morgan fingerprint density at radius 3 is 2.60 bits per heavy atom. The van der Waals surface area contributed by atoms with E-state index in [-0.39, 0.29) is 5.97 Å². The Labute approximate surface area is 93.0 Å². The molecule has 0 spiro atoms. The summed E-state index contributed by atoms with van der Waals surface area (Å²) in [6, 6.07) is 0. The smallest absolute Gasteiger partial charge is 0.330 e. The molecule has 0 aliphatic heterocycles. The first kappa shape index (κ1) is 13.9. The molecule has 0 aliphatic rings. The molecule has 0 amide bonds. The molecule has 0 bridgehead atoms. The minimum Gasteiger partial charge on any atom is -0.463 e. The summed E-state index contributed by atoms with van der Waals surface area (Å²) in [6.45, 7) is 4.75. The Bertz CT molecular complexity index is 205. The predicted octanol–water partition coefficient (Wildman–Crippen LogP) is 3.63. The quantitative estimate of drug-likeness (QED) is 0.265. The summed E-state index contributed by atoms with van der Waals surface area (Å²) < 4.78 is 4.96. The average Bonchev–Trinajstić information content (AvgIpc) is 2.23. The van der Waals surface area contributed by atoms with Crippen LogP contribution in [0.1, 0.15) is 46.0 Å². The SMILES string of the molecule is CCC/C=C/C/C=C/C(=O)OCCCC. The number of carbonyl (C=O) groups is 1. The van der Waals surface area contributed by atoms with Crippen LogP contribution in [0.3, 0.4) is 0 Å². The molecule has 0 N–H and O–H groups in total. The number of ether oxygens (including phenoxy) is 1. The molecular formula is C13H22O2. The molecule has 2 nitrogen and oxygen atoms in total. The van der Waals surface area contributed by atoms with E-state index in [1.165, 1.54) is 12.5 Å². The maximum atomic E-state index is 11.1. The van der Waals surface area contributed by atoms with Crippen LogP contribution in [0, 0.1) is 0 Å². The first-order valence-electron chi connectivity index (χ1n) is 5.79. The van der Waals surface area contributed by atoms with Crippen molar-refractivity contribution in [3.63, 3.8) is 0 Å². The van der Waals surface area contributed by atoms with Gasteiger partial charge in [0.25, 0.3) is 0 Å². The second-order valence-electron chi connectivity index (χ2n) is 3.42. The standard InChI is InChI=1S/C13H22O2/c1-3-5-7-8-9-10-11-13(14)15-12-6-4-2/h7-8,10-11H,3-6,9,12H2,1-2H3/b8-7+,11-10+.